The second kappa shape index (κ2) is 7.82. The molecule has 0 saturated heterocycles. The number of nitrogens with zero attached hydrogens (tertiary/aromatic N) is 3. The van der Waals surface area contributed by atoms with Crippen molar-refractivity contribution in [3.8, 4) is 5.69 Å². The summed E-state index contributed by atoms with van der Waals surface area (Å²) in [6.07, 6.45) is 2.27. The highest BCUT2D eigenvalue weighted by Gasteiger charge is 2.19. The maximum Gasteiger partial charge on any atom is 0.254 e. The first-order valence-corrected chi connectivity index (χ1v) is 9.44. The van der Waals surface area contributed by atoms with Crippen LogP contribution in [0.15, 0.2) is 66.9 Å². The third-order valence-corrected chi connectivity index (χ3v) is 4.99. The van der Waals surface area contributed by atoms with Crippen LogP contribution < -0.4 is 5.32 Å². The third kappa shape index (κ3) is 3.49. The van der Waals surface area contributed by atoms with Crippen LogP contribution in [0.1, 0.15) is 21.6 Å². The van der Waals surface area contributed by atoms with Crippen molar-refractivity contribution < 1.29 is 4.79 Å². The Labute approximate surface area is 168 Å². The van der Waals surface area contributed by atoms with Crippen molar-refractivity contribution in [3.05, 3.63) is 88.7 Å². The number of aromatic nitrogens is 3. The van der Waals surface area contributed by atoms with Gasteiger partial charge < -0.3 is 5.32 Å². The van der Waals surface area contributed by atoms with Crippen molar-refractivity contribution in [2.45, 2.75) is 13.3 Å². The molecule has 2 heterocycles. The molecule has 1 N–H and O–H groups in total. The number of hydrogen-bond donors (Lipinski definition) is 1. The van der Waals surface area contributed by atoms with E-state index in [9.17, 15) is 4.79 Å². The Kier molecular flexibility index (Phi) is 5.08. The van der Waals surface area contributed by atoms with Gasteiger partial charge in [-0.3, -0.25) is 4.79 Å². The first-order valence-electron chi connectivity index (χ1n) is 9.06. The molecule has 0 aliphatic carbocycles. The summed E-state index contributed by atoms with van der Waals surface area (Å²) in [4.78, 5) is 17.1. The Hall–Kier alpha value is -3.18. The maximum atomic E-state index is 12.6. The molecule has 2 aromatic carbocycles. The van der Waals surface area contributed by atoms with E-state index in [1.54, 1.807) is 4.68 Å². The van der Waals surface area contributed by atoms with Crippen molar-refractivity contribution >= 4 is 28.5 Å². The van der Waals surface area contributed by atoms with Crippen LogP contribution in [0.3, 0.4) is 0 Å². The first kappa shape index (κ1) is 18.2. The Bertz CT molecular complexity index is 1120. The lowest BCUT2D eigenvalue weighted by molar-refractivity contribution is 0.0954. The van der Waals surface area contributed by atoms with Crippen molar-refractivity contribution in [1.82, 2.24) is 20.1 Å². The van der Waals surface area contributed by atoms with E-state index in [0.717, 1.165) is 17.8 Å². The minimum atomic E-state index is -0.234. The molecule has 1 amide bonds. The molecular formula is C22H19ClN4O. The smallest absolute Gasteiger partial charge is 0.254 e. The van der Waals surface area contributed by atoms with E-state index in [0.29, 0.717) is 28.2 Å². The summed E-state index contributed by atoms with van der Waals surface area (Å²) in [7, 11) is 0. The number of amides is 1. The molecule has 0 fully saturated rings. The summed E-state index contributed by atoms with van der Waals surface area (Å²) in [6, 6.07) is 19.7. The zero-order chi connectivity index (χ0) is 19.5. The molecule has 0 atom stereocenters. The Morgan fingerprint density at radius 2 is 1.75 bits per heavy atom. The molecular weight excluding hydrogens is 372 g/mol. The fraction of sp³-hybridized carbons (Fsp3) is 0.136. The van der Waals surface area contributed by atoms with Gasteiger partial charge in [0.1, 0.15) is 0 Å². The molecule has 0 bridgehead atoms. The van der Waals surface area contributed by atoms with E-state index < -0.39 is 0 Å². The van der Waals surface area contributed by atoms with Gasteiger partial charge in [0, 0.05) is 12.7 Å². The lowest BCUT2D eigenvalue weighted by Crippen LogP contribution is -2.26. The van der Waals surface area contributed by atoms with Gasteiger partial charge in [-0.05, 0) is 31.0 Å². The summed E-state index contributed by atoms with van der Waals surface area (Å²) in [5, 5.41) is 8.55. The predicted molar refractivity (Wildman–Crippen MR) is 111 cm³/mol. The quantitative estimate of drug-likeness (QED) is 0.551. The number of halogens is 1. The summed E-state index contributed by atoms with van der Waals surface area (Å²) < 4.78 is 1.74. The molecule has 28 heavy (non-hydrogen) atoms. The summed E-state index contributed by atoms with van der Waals surface area (Å²) in [5.41, 5.74) is 3.79. The molecule has 0 spiro atoms. The van der Waals surface area contributed by atoms with Gasteiger partial charge in [0.25, 0.3) is 5.91 Å². The van der Waals surface area contributed by atoms with Crippen molar-refractivity contribution in [2.24, 2.45) is 0 Å². The van der Waals surface area contributed by atoms with E-state index >= 15 is 0 Å². The fourth-order valence-corrected chi connectivity index (χ4v) is 3.53. The highest BCUT2D eigenvalue weighted by atomic mass is 35.5. The van der Waals surface area contributed by atoms with Crippen LogP contribution in [-0.2, 0) is 6.42 Å². The Morgan fingerprint density at radius 1 is 1.07 bits per heavy atom. The number of carbonyl (C=O) groups excluding carboxylic acids is 1. The molecule has 0 radical (unpaired) electrons. The molecule has 0 aliphatic rings. The van der Waals surface area contributed by atoms with Gasteiger partial charge in [0.2, 0.25) is 0 Å². The number of para-hydroxylation sites is 1. The highest BCUT2D eigenvalue weighted by Crippen LogP contribution is 2.29. The van der Waals surface area contributed by atoms with Crippen LogP contribution in [-0.4, -0.2) is 27.2 Å². The van der Waals surface area contributed by atoms with Crippen LogP contribution in [0.4, 0.5) is 0 Å². The standard InChI is InChI=1S/C22H19ClN4O/c1-15-19-20(23)18(22(28)24-13-12-16-8-4-2-5-9-16)14-25-21(19)27(26-15)17-10-6-3-7-11-17/h2-11,14H,12-13H2,1H3,(H,24,28). The monoisotopic (exact) mass is 390 g/mol. The number of nitrogens with one attached hydrogen (secondary N) is 1. The largest absolute Gasteiger partial charge is 0.352 e. The first-order chi connectivity index (χ1) is 13.6. The number of fused-ring (bicyclic) bond motifs is 1. The zero-order valence-corrected chi connectivity index (χ0v) is 16.1. The number of benzene rings is 2. The molecule has 4 aromatic rings. The molecule has 2 aromatic heterocycles. The van der Waals surface area contributed by atoms with E-state index in [-0.39, 0.29) is 5.91 Å². The van der Waals surface area contributed by atoms with Gasteiger partial charge in [-0.1, -0.05) is 60.1 Å². The zero-order valence-electron chi connectivity index (χ0n) is 15.4. The van der Waals surface area contributed by atoms with Crippen LogP contribution in [0, 0.1) is 6.92 Å². The van der Waals surface area contributed by atoms with E-state index in [1.165, 1.54) is 11.8 Å². The van der Waals surface area contributed by atoms with Crippen molar-refractivity contribution in [3.63, 3.8) is 0 Å². The Morgan fingerprint density at radius 3 is 2.46 bits per heavy atom. The van der Waals surface area contributed by atoms with E-state index in [1.807, 2.05) is 67.6 Å². The fourth-order valence-electron chi connectivity index (χ4n) is 3.18. The molecule has 0 unspecified atom stereocenters. The highest BCUT2D eigenvalue weighted by molar-refractivity contribution is 6.38. The Balaban J connectivity index is 1.59. The number of hydrogen-bond acceptors (Lipinski definition) is 3. The van der Waals surface area contributed by atoms with Crippen LogP contribution in [0.2, 0.25) is 5.02 Å². The minimum Gasteiger partial charge on any atom is -0.352 e. The average Bonchev–Trinajstić information content (AvgIpc) is 3.07. The lowest BCUT2D eigenvalue weighted by Gasteiger charge is -2.08. The summed E-state index contributed by atoms with van der Waals surface area (Å²) >= 11 is 6.58. The van der Waals surface area contributed by atoms with Gasteiger partial charge in [0.15, 0.2) is 5.65 Å². The second-order valence-corrected chi connectivity index (χ2v) is 6.89. The topological polar surface area (TPSA) is 59.8 Å². The van der Waals surface area contributed by atoms with Crippen LogP contribution >= 0.6 is 11.6 Å². The molecule has 5 nitrogen and oxygen atoms in total. The molecule has 0 aliphatic heterocycles. The van der Waals surface area contributed by atoms with E-state index in [4.69, 9.17) is 11.6 Å². The van der Waals surface area contributed by atoms with Crippen LogP contribution in [0.25, 0.3) is 16.7 Å². The maximum absolute atomic E-state index is 12.6. The number of aryl methyl sites for hydroxylation is 1. The number of rotatable bonds is 5. The van der Waals surface area contributed by atoms with Crippen molar-refractivity contribution in [1.29, 1.82) is 0 Å². The average molecular weight is 391 g/mol. The van der Waals surface area contributed by atoms with Crippen molar-refractivity contribution in [2.75, 3.05) is 6.54 Å². The van der Waals surface area contributed by atoms with Gasteiger partial charge >= 0.3 is 0 Å². The van der Waals surface area contributed by atoms with Gasteiger partial charge in [-0.15, -0.1) is 0 Å². The van der Waals surface area contributed by atoms with E-state index in [2.05, 4.69) is 15.4 Å². The molecule has 140 valence electrons. The predicted octanol–water partition coefficient (Wildman–Crippen LogP) is 4.35. The second-order valence-electron chi connectivity index (χ2n) is 6.51. The summed E-state index contributed by atoms with van der Waals surface area (Å²) in [6.45, 7) is 2.39. The van der Waals surface area contributed by atoms with Gasteiger partial charge in [0.05, 0.1) is 27.4 Å². The van der Waals surface area contributed by atoms with Gasteiger partial charge in [-0.25, -0.2) is 9.67 Å². The normalized spacial score (nSPS) is 10.9. The number of pyridine rings is 1. The SMILES string of the molecule is Cc1nn(-c2ccccc2)c2ncc(C(=O)NCCc3ccccc3)c(Cl)c12. The van der Waals surface area contributed by atoms with Gasteiger partial charge in [-0.2, -0.15) is 5.10 Å². The third-order valence-electron chi connectivity index (χ3n) is 4.60. The minimum absolute atomic E-state index is 0.234. The summed E-state index contributed by atoms with van der Waals surface area (Å²) in [5.74, 6) is -0.234. The molecule has 0 saturated carbocycles. The lowest BCUT2D eigenvalue weighted by atomic mass is 10.1. The number of carbonyl (C=O) groups is 1. The molecule has 6 heteroatoms. The van der Waals surface area contributed by atoms with Crippen LogP contribution in [0.5, 0.6) is 0 Å². The molecule has 4 rings (SSSR count).